The third-order valence-electron chi connectivity index (χ3n) is 4.75. The summed E-state index contributed by atoms with van der Waals surface area (Å²) in [4.78, 5) is 12.4. The molecule has 0 unspecified atom stereocenters. The zero-order chi connectivity index (χ0) is 17.3. The summed E-state index contributed by atoms with van der Waals surface area (Å²) in [6.45, 7) is 1.87. The third kappa shape index (κ3) is 2.98. The summed E-state index contributed by atoms with van der Waals surface area (Å²) in [5.41, 5.74) is 5.06. The van der Waals surface area contributed by atoms with E-state index in [0.29, 0.717) is 10.7 Å². The summed E-state index contributed by atoms with van der Waals surface area (Å²) in [5.74, 6) is 0.673. The van der Waals surface area contributed by atoms with Crippen LogP contribution in [0.15, 0.2) is 23.4 Å². The zero-order valence-corrected chi connectivity index (χ0v) is 15.1. The van der Waals surface area contributed by atoms with Gasteiger partial charge in [-0.2, -0.15) is 0 Å². The summed E-state index contributed by atoms with van der Waals surface area (Å²) in [5, 5.41) is 9.51. The molecular formula is C18H23N3O2S. The molecule has 128 valence electrons. The highest BCUT2D eigenvalue weighted by molar-refractivity contribution is 7.80. The Morgan fingerprint density at radius 2 is 1.96 bits per heavy atom. The number of nitrogens with one attached hydrogen (secondary N) is 3. The van der Waals surface area contributed by atoms with Crippen molar-refractivity contribution < 1.29 is 9.53 Å². The number of carbonyl (C=O) groups excluding carboxylic acids is 1. The Morgan fingerprint density at radius 1 is 1.29 bits per heavy atom. The minimum atomic E-state index is -0.319. The summed E-state index contributed by atoms with van der Waals surface area (Å²) in [7, 11) is 3.31. The predicted octanol–water partition coefficient (Wildman–Crippen LogP) is 2.11. The van der Waals surface area contributed by atoms with E-state index in [1.807, 2.05) is 6.92 Å². The number of allylic oxidation sites excluding steroid dienone is 1. The van der Waals surface area contributed by atoms with Crippen LogP contribution < -0.4 is 20.7 Å². The van der Waals surface area contributed by atoms with Gasteiger partial charge in [-0.05, 0) is 68.1 Å². The lowest BCUT2D eigenvalue weighted by Gasteiger charge is -2.32. The Bertz CT molecular complexity index is 727. The molecule has 0 fully saturated rings. The van der Waals surface area contributed by atoms with Crippen LogP contribution in [0.3, 0.4) is 0 Å². The molecule has 0 aromatic heterocycles. The highest BCUT2D eigenvalue weighted by Crippen LogP contribution is 2.37. The van der Waals surface area contributed by atoms with Crippen molar-refractivity contribution in [1.82, 2.24) is 16.0 Å². The highest BCUT2D eigenvalue weighted by Gasteiger charge is 2.32. The molecule has 0 spiro atoms. The molecular weight excluding hydrogens is 322 g/mol. The van der Waals surface area contributed by atoms with Crippen molar-refractivity contribution in [2.45, 2.75) is 38.6 Å². The average Bonchev–Trinajstić information content (AvgIpc) is 2.59. The van der Waals surface area contributed by atoms with E-state index in [0.717, 1.165) is 29.9 Å². The average molecular weight is 345 g/mol. The number of benzene rings is 1. The van der Waals surface area contributed by atoms with Crippen molar-refractivity contribution in [3.05, 3.63) is 40.1 Å². The van der Waals surface area contributed by atoms with Gasteiger partial charge < -0.3 is 20.7 Å². The van der Waals surface area contributed by atoms with E-state index in [2.05, 4.69) is 28.1 Å². The lowest BCUT2D eigenvalue weighted by Crippen LogP contribution is -2.46. The maximum Gasteiger partial charge on any atom is 0.251 e. The van der Waals surface area contributed by atoms with Crippen LogP contribution in [0, 0.1) is 0 Å². The molecule has 5 nitrogen and oxygen atoms in total. The summed E-state index contributed by atoms with van der Waals surface area (Å²) >= 11 is 5.31. The van der Waals surface area contributed by atoms with Gasteiger partial charge >= 0.3 is 0 Å². The normalized spacial score (nSPS) is 20.0. The van der Waals surface area contributed by atoms with Gasteiger partial charge in [-0.3, -0.25) is 4.79 Å². The fourth-order valence-corrected chi connectivity index (χ4v) is 3.82. The number of likely N-dealkylation sites (N-methyl/N-ethyl adjacent to an activating group) is 1. The number of rotatable bonds is 3. The maximum absolute atomic E-state index is 12.4. The second-order valence-electron chi connectivity index (χ2n) is 6.22. The Labute approximate surface area is 147 Å². The maximum atomic E-state index is 12.4. The third-order valence-corrected chi connectivity index (χ3v) is 4.97. The SMILES string of the molecule is CNC(=O)C1=C(C)NC(=S)N[C@@H]1c1cc2c(cc1OC)CCCC2. The second-order valence-corrected chi connectivity index (χ2v) is 6.63. The van der Waals surface area contributed by atoms with Crippen LogP contribution in [-0.4, -0.2) is 25.2 Å². The Morgan fingerprint density at radius 3 is 2.58 bits per heavy atom. The van der Waals surface area contributed by atoms with E-state index in [1.165, 1.54) is 24.0 Å². The number of carbonyl (C=O) groups is 1. The van der Waals surface area contributed by atoms with E-state index in [4.69, 9.17) is 17.0 Å². The van der Waals surface area contributed by atoms with Gasteiger partial charge in [0.25, 0.3) is 5.91 Å². The highest BCUT2D eigenvalue weighted by atomic mass is 32.1. The molecule has 0 saturated carbocycles. The monoisotopic (exact) mass is 345 g/mol. The van der Waals surface area contributed by atoms with E-state index in [1.54, 1.807) is 14.2 Å². The number of hydrogen-bond acceptors (Lipinski definition) is 3. The molecule has 1 amide bonds. The lowest BCUT2D eigenvalue weighted by atomic mass is 9.86. The molecule has 3 rings (SSSR count). The van der Waals surface area contributed by atoms with Gasteiger partial charge in [-0.1, -0.05) is 0 Å². The van der Waals surface area contributed by atoms with Crippen molar-refractivity contribution >= 4 is 23.2 Å². The van der Waals surface area contributed by atoms with Gasteiger partial charge in [0.05, 0.1) is 18.7 Å². The first kappa shape index (κ1) is 16.8. The summed E-state index contributed by atoms with van der Waals surface area (Å²) < 4.78 is 5.64. The Kier molecular flexibility index (Phi) is 4.76. The molecule has 0 bridgehead atoms. The molecule has 0 saturated heterocycles. The number of thiocarbonyl (C=S) groups is 1. The number of aryl methyl sites for hydroxylation is 2. The smallest absolute Gasteiger partial charge is 0.251 e. The molecule has 6 heteroatoms. The molecule has 1 aromatic rings. The zero-order valence-electron chi connectivity index (χ0n) is 14.3. The van der Waals surface area contributed by atoms with Crippen LogP contribution in [0.2, 0.25) is 0 Å². The van der Waals surface area contributed by atoms with E-state index in [9.17, 15) is 4.79 Å². The number of methoxy groups -OCH3 is 1. The van der Waals surface area contributed by atoms with Gasteiger partial charge in [0.1, 0.15) is 5.75 Å². The first-order chi connectivity index (χ1) is 11.5. The van der Waals surface area contributed by atoms with Gasteiger partial charge in [0, 0.05) is 18.3 Å². The molecule has 1 aromatic carbocycles. The van der Waals surface area contributed by atoms with Crippen molar-refractivity contribution in [2.24, 2.45) is 0 Å². The van der Waals surface area contributed by atoms with Gasteiger partial charge in [0.2, 0.25) is 0 Å². The van der Waals surface area contributed by atoms with Crippen LogP contribution in [-0.2, 0) is 17.6 Å². The Hall–Kier alpha value is -2.08. The minimum Gasteiger partial charge on any atom is -0.496 e. The molecule has 1 heterocycles. The van der Waals surface area contributed by atoms with Gasteiger partial charge in [-0.25, -0.2) is 0 Å². The first-order valence-electron chi connectivity index (χ1n) is 8.25. The van der Waals surface area contributed by atoms with Gasteiger partial charge in [0.15, 0.2) is 5.11 Å². The largest absolute Gasteiger partial charge is 0.496 e. The minimum absolute atomic E-state index is 0.125. The molecule has 24 heavy (non-hydrogen) atoms. The van der Waals surface area contributed by atoms with E-state index >= 15 is 0 Å². The molecule has 3 N–H and O–H groups in total. The molecule has 1 aliphatic heterocycles. The topological polar surface area (TPSA) is 62.4 Å². The van der Waals surface area contributed by atoms with Crippen LogP contribution in [0.25, 0.3) is 0 Å². The number of hydrogen-bond donors (Lipinski definition) is 3. The van der Waals surface area contributed by atoms with Crippen molar-refractivity contribution in [3.8, 4) is 5.75 Å². The molecule has 1 aliphatic carbocycles. The van der Waals surface area contributed by atoms with Crippen molar-refractivity contribution in [3.63, 3.8) is 0 Å². The van der Waals surface area contributed by atoms with Crippen LogP contribution >= 0.6 is 12.2 Å². The van der Waals surface area contributed by atoms with E-state index in [-0.39, 0.29) is 11.9 Å². The number of amides is 1. The lowest BCUT2D eigenvalue weighted by molar-refractivity contribution is -0.117. The van der Waals surface area contributed by atoms with E-state index < -0.39 is 0 Å². The standard InChI is InChI=1S/C18H23N3O2S/c1-10-15(17(22)19-2)16(21-18(24)20-10)13-8-11-6-4-5-7-12(11)9-14(13)23-3/h8-9,16H,4-7H2,1-3H3,(H,19,22)(H2,20,21,24)/t16-/m1/s1. The van der Waals surface area contributed by atoms with Crippen LogP contribution in [0.4, 0.5) is 0 Å². The molecule has 1 atom stereocenters. The van der Waals surface area contributed by atoms with Gasteiger partial charge in [-0.15, -0.1) is 0 Å². The first-order valence-corrected chi connectivity index (χ1v) is 8.66. The molecule has 0 radical (unpaired) electrons. The van der Waals surface area contributed by atoms with Crippen LogP contribution in [0.5, 0.6) is 5.75 Å². The summed E-state index contributed by atoms with van der Waals surface area (Å²) in [6, 6.07) is 3.98. The van der Waals surface area contributed by atoms with Crippen LogP contribution in [0.1, 0.15) is 42.5 Å². The Balaban J connectivity index is 2.13. The number of fused-ring (bicyclic) bond motifs is 1. The van der Waals surface area contributed by atoms with Crippen molar-refractivity contribution in [1.29, 1.82) is 0 Å². The fourth-order valence-electron chi connectivity index (χ4n) is 3.55. The summed E-state index contributed by atoms with van der Waals surface area (Å²) in [6.07, 6.45) is 4.57. The number of ether oxygens (including phenoxy) is 1. The predicted molar refractivity (Wildman–Crippen MR) is 98.0 cm³/mol. The van der Waals surface area contributed by atoms with Crippen molar-refractivity contribution in [2.75, 3.05) is 14.2 Å². The quantitative estimate of drug-likeness (QED) is 0.733. The molecule has 2 aliphatic rings. The second kappa shape index (κ2) is 6.81. The fraction of sp³-hybridized carbons (Fsp3) is 0.444.